The molecule has 1 amide bonds. The van der Waals surface area contributed by atoms with E-state index < -0.39 is 0 Å². The third kappa shape index (κ3) is 4.45. The van der Waals surface area contributed by atoms with Crippen molar-refractivity contribution in [2.45, 2.75) is 0 Å². The molecule has 0 spiro atoms. The molecule has 3 heterocycles. The summed E-state index contributed by atoms with van der Waals surface area (Å²) in [5.41, 5.74) is 1.30. The van der Waals surface area contributed by atoms with Crippen LogP contribution < -0.4 is 19.9 Å². The van der Waals surface area contributed by atoms with Crippen LogP contribution in [0.5, 0.6) is 5.75 Å². The van der Waals surface area contributed by atoms with E-state index in [2.05, 4.69) is 25.1 Å². The van der Waals surface area contributed by atoms with Crippen molar-refractivity contribution in [1.82, 2.24) is 9.97 Å². The second-order valence-corrected chi connectivity index (χ2v) is 6.75. The van der Waals surface area contributed by atoms with Crippen molar-refractivity contribution < 1.29 is 9.53 Å². The first-order chi connectivity index (χ1) is 14.2. The van der Waals surface area contributed by atoms with Gasteiger partial charge < -0.3 is 19.9 Å². The summed E-state index contributed by atoms with van der Waals surface area (Å²) >= 11 is 0. The average Bonchev–Trinajstić information content (AvgIpc) is 2.80. The molecule has 0 unspecified atom stereocenters. The predicted molar refractivity (Wildman–Crippen MR) is 114 cm³/mol. The number of hydrogen-bond donors (Lipinski definition) is 1. The standard InChI is InChI=1S/C22H23N5O2/c1-29-19-7-5-18(6-8-19)25-22(28)17-9-11-24-21(16-17)27-14-12-26(13-15-27)20-4-2-3-10-23-20/h2-11,16H,12-15H2,1H3,(H,25,28). The highest BCUT2D eigenvalue weighted by Crippen LogP contribution is 2.20. The number of pyridine rings is 2. The molecule has 1 saturated heterocycles. The molecule has 1 aliphatic rings. The summed E-state index contributed by atoms with van der Waals surface area (Å²) in [6.45, 7) is 3.38. The number of methoxy groups -OCH3 is 1. The van der Waals surface area contributed by atoms with Crippen molar-refractivity contribution in [3.8, 4) is 5.75 Å². The van der Waals surface area contributed by atoms with Gasteiger partial charge in [-0.05, 0) is 48.5 Å². The third-order valence-corrected chi connectivity index (χ3v) is 4.93. The number of aromatic nitrogens is 2. The fourth-order valence-electron chi connectivity index (χ4n) is 3.32. The van der Waals surface area contributed by atoms with Gasteiger partial charge in [-0.2, -0.15) is 0 Å². The first-order valence-electron chi connectivity index (χ1n) is 9.55. The maximum absolute atomic E-state index is 12.6. The molecule has 0 bridgehead atoms. The molecular weight excluding hydrogens is 366 g/mol. The number of benzene rings is 1. The Balaban J connectivity index is 1.40. The molecule has 2 aromatic heterocycles. The number of carbonyl (C=O) groups excluding carboxylic acids is 1. The van der Waals surface area contributed by atoms with E-state index in [0.717, 1.165) is 49.3 Å². The van der Waals surface area contributed by atoms with Gasteiger partial charge in [-0.25, -0.2) is 9.97 Å². The quantitative estimate of drug-likeness (QED) is 0.723. The Labute approximate surface area is 170 Å². The molecule has 1 fully saturated rings. The lowest BCUT2D eigenvalue weighted by molar-refractivity contribution is 0.102. The van der Waals surface area contributed by atoms with E-state index in [1.807, 2.05) is 54.7 Å². The van der Waals surface area contributed by atoms with Crippen LogP contribution in [-0.2, 0) is 0 Å². The maximum atomic E-state index is 12.6. The molecule has 0 atom stereocenters. The Morgan fingerprint density at radius 2 is 1.59 bits per heavy atom. The highest BCUT2D eigenvalue weighted by molar-refractivity contribution is 6.04. The van der Waals surface area contributed by atoms with Crippen molar-refractivity contribution in [1.29, 1.82) is 0 Å². The molecule has 148 valence electrons. The zero-order valence-electron chi connectivity index (χ0n) is 16.3. The Morgan fingerprint density at radius 1 is 0.897 bits per heavy atom. The second-order valence-electron chi connectivity index (χ2n) is 6.75. The molecule has 0 saturated carbocycles. The highest BCUT2D eigenvalue weighted by Gasteiger charge is 2.19. The van der Waals surface area contributed by atoms with E-state index in [1.165, 1.54) is 0 Å². The van der Waals surface area contributed by atoms with Crippen LogP contribution >= 0.6 is 0 Å². The van der Waals surface area contributed by atoms with Crippen molar-refractivity contribution >= 4 is 23.2 Å². The number of amides is 1. The lowest BCUT2D eigenvalue weighted by atomic mass is 10.2. The topological polar surface area (TPSA) is 70.6 Å². The molecule has 4 rings (SSSR count). The summed E-state index contributed by atoms with van der Waals surface area (Å²) in [5, 5.41) is 2.91. The first-order valence-corrected chi connectivity index (χ1v) is 9.55. The van der Waals surface area contributed by atoms with E-state index in [4.69, 9.17) is 4.74 Å². The Bertz CT molecular complexity index is 954. The van der Waals surface area contributed by atoms with Crippen LogP contribution in [0.25, 0.3) is 0 Å². The van der Waals surface area contributed by atoms with Crippen molar-refractivity contribution in [2.75, 3.05) is 48.4 Å². The molecule has 29 heavy (non-hydrogen) atoms. The second kappa shape index (κ2) is 8.60. The van der Waals surface area contributed by atoms with Crippen molar-refractivity contribution in [3.05, 3.63) is 72.6 Å². The first kappa shape index (κ1) is 18.7. The number of piperazine rings is 1. The number of ether oxygens (including phenoxy) is 1. The van der Waals surface area contributed by atoms with Gasteiger partial charge in [-0.3, -0.25) is 4.79 Å². The monoisotopic (exact) mass is 389 g/mol. The lowest BCUT2D eigenvalue weighted by Crippen LogP contribution is -2.47. The Morgan fingerprint density at radius 3 is 2.24 bits per heavy atom. The molecule has 0 radical (unpaired) electrons. The third-order valence-electron chi connectivity index (χ3n) is 4.93. The molecule has 0 aliphatic carbocycles. The van der Waals surface area contributed by atoms with Crippen LogP contribution in [-0.4, -0.2) is 49.2 Å². The molecule has 1 N–H and O–H groups in total. The van der Waals surface area contributed by atoms with Gasteiger partial charge in [0.05, 0.1) is 7.11 Å². The van der Waals surface area contributed by atoms with Gasteiger partial charge in [0.15, 0.2) is 0 Å². The molecule has 7 nitrogen and oxygen atoms in total. The van der Waals surface area contributed by atoms with Crippen molar-refractivity contribution in [3.63, 3.8) is 0 Å². The normalized spacial score (nSPS) is 13.8. The fourth-order valence-corrected chi connectivity index (χ4v) is 3.32. The van der Waals surface area contributed by atoms with E-state index in [9.17, 15) is 4.79 Å². The largest absolute Gasteiger partial charge is 0.497 e. The SMILES string of the molecule is COc1ccc(NC(=O)c2ccnc(N3CCN(c4ccccn4)CC3)c2)cc1. The van der Waals surface area contributed by atoms with E-state index in [0.29, 0.717) is 5.56 Å². The zero-order chi connectivity index (χ0) is 20.1. The minimum Gasteiger partial charge on any atom is -0.497 e. The van der Waals surface area contributed by atoms with Crippen LogP contribution in [0.3, 0.4) is 0 Å². The van der Waals surface area contributed by atoms with Crippen LogP contribution in [0.15, 0.2) is 67.0 Å². The summed E-state index contributed by atoms with van der Waals surface area (Å²) in [6.07, 6.45) is 3.50. The summed E-state index contributed by atoms with van der Waals surface area (Å²) in [5.74, 6) is 2.39. The summed E-state index contributed by atoms with van der Waals surface area (Å²) < 4.78 is 5.14. The maximum Gasteiger partial charge on any atom is 0.255 e. The van der Waals surface area contributed by atoms with Crippen LogP contribution in [0.1, 0.15) is 10.4 Å². The zero-order valence-corrected chi connectivity index (χ0v) is 16.3. The molecule has 1 aliphatic heterocycles. The minimum atomic E-state index is -0.161. The van der Waals surface area contributed by atoms with E-state index in [-0.39, 0.29) is 5.91 Å². The number of nitrogens with zero attached hydrogens (tertiary/aromatic N) is 4. The number of carbonyl (C=O) groups is 1. The average molecular weight is 389 g/mol. The molecular formula is C22H23N5O2. The summed E-state index contributed by atoms with van der Waals surface area (Å²) in [4.78, 5) is 26.0. The Hall–Kier alpha value is -3.61. The van der Waals surface area contributed by atoms with Crippen LogP contribution in [0, 0.1) is 0 Å². The summed E-state index contributed by atoms with van der Waals surface area (Å²) in [7, 11) is 1.61. The van der Waals surface area contributed by atoms with Crippen LogP contribution in [0.2, 0.25) is 0 Å². The van der Waals surface area contributed by atoms with Crippen LogP contribution in [0.4, 0.5) is 17.3 Å². The molecule has 3 aromatic rings. The van der Waals surface area contributed by atoms with Gasteiger partial charge >= 0.3 is 0 Å². The fraction of sp³-hybridized carbons (Fsp3) is 0.227. The summed E-state index contributed by atoms with van der Waals surface area (Å²) in [6, 6.07) is 16.8. The van der Waals surface area contributed by atoms with E-state index >= 15 is 0 Å². The van der Waals surface area contributed by atoms with E-state index in [1.54, 1.807) is 19.4 Å². The van der Waals surface area contributed by atoms with Gasteiger partial charge in [-0.1, -0.05) is 6.07 Å². The van der Waals surface area contributed by atoms with Crippen molar-refractivity contribution in [2.24, 2.45) is 0 Å². The molecule has 7 heteroatoms. The number of anilines is 3. The predicted octanol–water partition coefficient (Wildman–Crippen LogP) is 3.06. The van der Waals surface area contributed by atoms with Gasteiger partial charge in [-0.15, -0.1) is 0 Å². The Kier molecular flexibility index (Phi) is 5.56. The van der Waals surface area contributed by atoms with Gasteiger partial charge in [0, 0.05) is 49.8 Å². The highest BCUT2D eigenvalue weighted by atomic mass is 16.5. The lowest BCUT2D eigenvalue weighted by Gasteiger charge is -2.36. The van der Waals surface area contributed by atoms with Gasteiger partial charge in [0.1, 0.15) is 17.4 Å². The minimum absolute atomic E-state index is 0.161. The number of nitrogens with one attached hydrogen (secondary N) is 1. The van der Waals surface area contributed by atoms with Gasteiger partial charge in [0.2, 0.25) is 0 Å². The number of hydrogen-bond acceptors (Lipinski definition) is 6. The van der Waals surface area contributed by atoms with Gasteiger partial charge in [0.25, 0.3) is 5.91 Å². The smallest absolute Gasteiger partial charge is 0.255 e. The molecule has 1 aromatic carbocycles. The number of rotatable bonds is 5.